The molecule has 0 unspecified atom stereocenters. The number of nitrogens with zero attached hydrogens (tertiary/aromatic N) is 1. The molecule has 0 radical (unpaired) electrons. The van der Waals surface area contributed by atoms with Gasteiger partial charge in [0.25, 0.3) is 15.9 Å². The van der Waals surface area contributed by atoms with E-state index in [1.807, 2.05) is 0 Å². The van der Waals surface area contributed by atoms with Gasteiger partial charge in [-0.1, -0.05) is 23.7 Å². The van der Waals surface area contributed by atoms with Crippen molar-refractivity contribution in [3.63, 3.8) is 0 Å². The van der Waals surface area contributed by atoms with Crippen LogP contribution >= 0.6 is 11.6 Å². The lowest BCUT2D eigenvalue weighted by Gasteiger charge is -2.11. The van der Waals surface area contributed by atoms with Crippen LogP contribution in [0.4, 0.5) is 5.69 Å². The lowest BCUT2D eigenvalue weighted by atomic mass is 10.2. The molecule has 0 fully saturated rings. The number of hydrogen-bond acceptors (Lipinski definition) is 5. The molecule has 3 aromatic rings. The van der Waals surface area contributed by atoms with Gasteiger partial charge in [-0.25, -0.2) is 13.8 Å². The Kier molecular flexibility index (Phi) is 6.71. The number of halogens is 1. The van der Waals surface area contributed by atoms with Gasteiger partial charge in [-0.3, -0.25) is 9.52 Å². The van der Waals surface area contributed by atoms with Crippen molar-refractivity contribution in [1.29, 1.82) is 0 Å². The fourth-order valence-corrected chi connectivity index (χ4v) is 3.71. The molecule has 0 atom stereocenters. The van der Waals surface area contributed by atoms with Crippen molar-refractivity contribution >= 4 is 39.4 Å². The van der Waals surface area contributed by atoms with Crippen molar-refractivity contribution < 1.29 is 17.9 Å². The quantitative estimate of drug-likeness (QED) is 0.427. The average molecular weight is 444 g/mol. The summed E-state index contributed by atoms with van der Waals surface area (Å²) in [5.41, 5.74) is 3.41. The van der Waals surface area contributed by atoms with Crippen molar-refractivity contribution in [3.05, 3.63) is 88.9 Å². The van der Waals surface area contributed by atoms with Crippen LogP contribution in [0, 0.1) is 0 Å². The number of benzene rings is 3. The zero-order chi connectivity index (χ0) is 21.6. The van der Waals surface area contributed by atoms with E-state index in [0.717, 1.165) is 5.56 Å². The highest BCUT2D eigenvalue weighted by Crippen LogP contribution is 2.21. The Morgan fingerprint density at radius 3 is 2.33 bits per heavy atom. The molecule has 30 heavy (non-hydrogen) atoms. The minimum absolute atomic E-state index is 0.0274. The van der Waals surface area contributed by atoms with Crippen LogP contribution in [0.2, 0.25) is 5.02 Å². The molecule has 3 aromatic carbocycles. The second kappa shape index (κ2) is 9.43. The molecule has 0 aromatic heterocycles. The van der Waals surface area contributed by atoms with Crippen LogP contribution in [-0.4, -0.2) is 27.6 Å². The van der Waals surface area contributed by atoms with Crippen LogP contribution in [0.25, 0.3) is 0 Å². The normalized spacial score (nSPS) is 11.3. The molecule has 0 aliphatic rings. The Labute approximate surface area is 179 Å². The Morgan fingerprint density at radius 2 is 1.67 bits per heavy atom. The molecule has 0 heterocycles. The lowest BCUT2D eigenvalue weighted by molar-refractivity contribution is 0.0956. The van der Waals surface area contributed by atoms with Crippen molar-refractivity contribution in [2.24, 2.45) is 5.10 Å². The molecule has 0 aliphatic carbocycles. The summed E-state index contributed by atoms with van der Waals surface area (Å²) in [6.07, 6.45) is 1.47. The molecule has 0 spiro atoms. The average Bonchev–Trinajstić information content (AvgIpc) is 2.74. The first-order chi connectivity index (χ1) is 14.4. The summed E-state index contributed by atoms with van der Waals surface area (Å²) < 4.78 is 32.7. The summed E-state index contributed by atoms with van der Waals surface area (Å²) in [5.74, 6) is 0.146. The standard InChI is InChI=1S/C21H18ClN3O4S/c1-29-17-10-6-15(7-11-17)14-23-24-21(26)19-4-2-3-5-20(19)25-30(27,28)18-12-8-16(22)9-13-18/h2-14,25H,1H3,(H,24,26)/b23-14-. The van der Waals surface area contributed by atoms with Gasteiger partial charge in [0.15, 0.2) is 0 Å². The Morgan fingerprint density at radius 1 is 1.00 bits per heavy atom. The third kappa shape index (κ3) is 5.37. The van der Waals surface area contributed by atoms with E-state index in [4.69, 9.17) is 16.3 Å². The van der Waals surface area contributed by atoms with E-state index in [2.05, 4.69) is 15.2 Å². The Hall–Kier alpha value is -3.36. The monoisotopic (exact) mass is 443 g/mol. The third-order valence-corrected chi connectivity index (χ3v) is 5.67. The number of nitrogens with one attached hydrogen (secondary N) is 2. The maximum Gasteiger partial charge on any atom is 0.273 e. The van der Waals surface area contributed by atoms with E-state index in [1.165, 1.54) is 42.6 Å². The highest BCUT2D eigenvalue weighted by molar-refractivity contribution is 7.92. The van der Waals surface area contributed by atoms with Crippen LogP contribution in [0.1, 0.15) is 15.9 Å². The number of para-hydroxylation sites is 1. The predicted molar refractivity (Wildman–Crippen MR) is 117 cm³/mol. The van der Waals surface area contributed by atoms with Gasteiger partial charge in [-0.15, -0.1) is 0 Å². The molecular weight excluding hydrogens is 426 g/mol. The van der Waals surface area contributed by atoms with Crippen molar-refractivity contribution in [3.8, 4) is 5.75 Å². The number of ether oxygens (including phenoxy) is 1. The molecule has 9 heteroatoms. The SMILES string of the molecule is COc1ccc(/C=N\NC(=O)c2ccccc2NS(=O)(=O)c2ccc(Cl)cc2)cc1. The molecule has 2 N–H and O–H groups in total. The minimum atomic E-state index is -3.90. The van der Waals surface area contributed by atoms with Gasteiger partial charge in [-0.2, -0.15) is 5.10 Å². The van der Waals surface area contributed by atoms with E-state index < -0.39 is 15.9 Å². The van der Waals surface area contributed by atoms with E-state index in [-0.39, 0.29) is 16.1 Å². The molecule has 0 aliphatic heterocycles. The zero-order valence-electron chi connectivity index (χ0n) is 15.9. The molecule has 1 amide bonds. The van der Waals surface area contributed by atoms with Crippen molar-refractivity contribution in [2.45, 2.75) is 4.90 Å². The van der Waals surface area contributed by atoms with Gasteiger partial charge in [0, 0.05) is 5.02 Å². The first-order valence-corrected chi connectivity index (χ1v) is 10.6. The van der Waals surface area contributed by atoms with Gasteiger partial charge in [0.1, 0.15) is 5.75 Å². The Bertz CT molecular complexity index is 1160. The predicted octanol–water partition coefficient (Wildman–Crippen LogP) is 3.91. The summed E-state index contributed by atoms with van der Waals surface area (Å²) in [6, 6.07) is 19.1. The van der Waals surface area contributed by atoms with E-state index in [0.29, 0.717) is 10.8 Å². The van der Waals surface area contributed by atoms with Crippen LogP contribution < -0.4 is 14.9 Å². The largest absolute Gasteiger partial charge is 0.497 e. The highest BCUT2D eigenvalue weighted by Gasteiger charge is 2.18. The molecule has 0 saturated heterocycles. The smallest absolute Gasteiger partial charge is 0.273 e. The first kappa shape index (κ1) is 21.4. The van der Waals surface area contributed by atoms with E-state index >= 15 is 0 Å². The highest BCUT2D eigenvalue weighted by atomic mass is 35.5. The Balaban J connectivity index is 1.74. The van der Waals surface area contributed by atoms with Gasteiger partial charge in [0.05, 0.1) is 29.5 Å². The van der Waals surface area contributed by atoms with Gasteiger partial charge in [0.2, 0.25) is 0 Å². The van der Waals surface area contributed by atoms with Gasteiger partial charge < -0.3 is 4.74 Å². The minimum Gasteiger partial charge on any atom is -0.497 e. The zero-order valence-corrected chi connectivity index (χ0v) is 17.4. The molecule has 0 bridgehead atoms. The van der Waals surface area contributed by atoms with Crippen LogP contribution in [0.5, 0.6) is 5.75 Å². The molecule has 0 saturated carbocycles. The van der Waals surface area contributed by atoms with Crippen molar-refractivity contribution in [2.75, 3.05) is 11.8 Å². The number of anilines is 1. The maximum absolute atomic E-state index is 12.6. The fraction of sp³-hybridized carbons (Fsp3) is 0.0476. The number of carbonyl (C=O) groups excluding carboxylic acids is 1. The number of rotatable bonds is 7. The fourth-order valence-electron chi connectivity index (χ4n) is 2.50. The second-order valence-electron chi connectivity index (χ2n) is 6.08. The third-order valence-electron chi connectivity index (χ3n) is 4.04. The van der Waals surface area contributed by atoms with Crippen molar-refractivity contribution in [1.82, 2.24) is 5.43 Å². The molecule has 154 valence electrons. The number of sulfonamides is 1. The number of methoxy groups -OCH3 is 1. The number of carbonyl (C=O) groups is 1. The van der Waals surface area contributed by atoms with Gasteiger partial charge >= 0.3 is 0 Å². The molecule has 3 rings (SSSR count). The van der Waals surface area contributed by atoms with Crippen LogP contribution in [-0.2, 0) is 10.0 Å². The second-order valence-corrected chi connectivity index (χ2v) is 8.20. The first-order valence-electron chi connectivity index (χ1n) is 8.74. The van der Waals surface area contributed by atoms with Gasteiger partial charge in [-0.05, 0) is 66.2 Å². The van der Waals surface area contributed by atoms with Crippen LogP contribution in [0.15, 0.2) is 82.8 Å². The van der Waals surface area contributed by atoms with Crippen LogP contribution in [0.3, 0.4) is 0 Å². The molecule has 7 nitrogen and oxygen atoms in total. The summed E-state index contributed by atoms with van der Waals surface area (Å²) in [7, 11) is -2.32. The topological polar surface area (TPSA) is 96.9 Å². The number of hydrazone groups is 1. The maximum atomic E-state index is 12.6. The van der Waals surface area contributed by atoms with E-state index in [9.17, 15) is 13.2 Å². The summed E-state index contributed by atoms with van der Waals surface area (Å²) in [5, 5.41) is 4.34. The summed E-state index contributed by atoms with van der Waals surface area (Å²) in [4.78, 5) is 12.6. The summed E-state index contributed by atoms with van der Waals surface area (Å²) >= 11 is 5.81. The van der Waals surface area contributed by atoms with E-state index in [1.54, 1.807) is 43.5 Å². The number of hydrogen-bond donors (Lipinski definition) is 2. The lowest BCUT2D eigenvalue weighted by Crippen LogP contribution is -2.21. The molecular formula is C21H18ClN3O4S. The number of amides is 1. The summed E-state index contributed by atoms with van der Waals surface area (Å²) in [6.45, 7) is 0.